The summed E-state index contributed by atoms with van der Waals surface area (Å²) in [5.41, 5.74) is 1.38. The molecule has 0 aliphatic carbocycles. The van der Waals surface area contributed by atoms with Crippen molar-refractivity contribution in [2.24, 2.45) is 9.98 Å². The molecule has 2 rings (SSSR count). The molecule has 0 spiro atoms. The average molecular weight is 556 g/mol. The van der Waals surface area contributed by atoms with Crippen LogP contribution in [0.3, 0.4) is 0 Å². The number of phenolic OH excluding ortho intramolecular Hbond substituents is 2. The van der Waals surface area contributed by atoms with Crippen LogP contribution in [0.25, 0.3) is 0 Å². The Kier molecular flexibility index (Phi) is 9.10. The van der Waals surface area contributed by atoms with E-state index in [1.807, 2.05) is 12.1 Å². The predicted molar refractivity (Wildman–Crippen MR) is 93.5 cm³/mol. The van der Waals surface area contributed by atoms with Crippen LogP contribution in [0.4, 0.5) is 16.9 Å². The van der Waals surface area contributed by atoms with Gasteiger partial charge in [-0.1, -0.05) is 24.3 Å². The molecule has 2 aromatic carbocycles. The van der Waals surface area contributed by atoms with Gasteiger partial charge in [0.25, 0.3) is 0 Å². The van der Waals surface area contributed by atoms with Gasteiger partial charge >= 0.3 is 36.4 Å². The molecule has 0 bridgehead atoms. The van der Waals surface area contributed by atoms with Crippen molar-refractivity contribution < 1.29 is 44.5 Å². The summed E-state index contributed by atoms with van der Waals surface area (Å²) >= 11 is -11.2. The van der Waals surface area contributed by atoms with Gasteiger partial charge in [-0.25, -0.2) is 0 Å². The van der Waals surface area contributed by atoms with Gasteiger partial charge in [-0.15, -0.1) is 0 Å². The van der Waals surface area contributed by atoms with Crippen LogP contribution in [0.15, 0.2) is 58.5 Å². The molecule has 28 heavy (non-hydrogen) atoms. The molecular formula is C16H16CrF6N2O2Sb-. The van der Waals surface area contributed by atoms with E-state index in [1.165, 1.54) is 0 Å². The number of hydrogen-bond acceptors (Lipinski definition) is 4. The molecule has 2 aromatic rings. The van der Waals surface area contributed by atoms with Gasteiger partial charge in [0.1, 0.15) is 11.5 Å². The molecule has 0 saturated carbocycles. The fourth-order valence-corrected chi connectivity index (χ4v) is 1.63. The molecule has 0 amide bonds. The third kappa shape index (κ3) is 15.4. The topological polar surface area (TPSA) is 65.2 Å². The number of para-hydroxylation sites is 2. The van der Waals surface area contributed by atoms with E-state index in [1.54, 1.807) is 48.8 Å². The van der Waals surface area contributed by atoms with Crippen molar-refractivity contribution in [2.75, 3.05) is 13.1 Å². The standard InChI is InChI=1S/C16H16N2O2.Cr.6FH.Sb/c19-15-7-3-1-5-13(15)11-17-9-10-18-12-14-6-2-4-8-16(14)20;;;;;;;;/h1-8,11-12,19-20H,9-10H2;;6*1H;/q;;;;;;;;+5/p-6. The Bertz CT molecular complexity index is 762. The summed E-state index contributed by atoms with van der Waals surface area (Å²) in [5, 5.41) is 19.1. The van der Waals surface area contributed by atoms with Crippen molar-refractivity contribution in [1.29, 1.82) is 0 Å². The first-order chi connectivity index (χ1) is 12.2. The number of phenols is 2. The second-order valence-electron chi connectivity index (χ2n) is 5.15. The zero-order chi connectivity index (χ0) is 20.6. The normalized spacial score (nSPS) is 13.9. The molecule has 0 aliphatic rings. The summed E-state index contributed by atoms with van der Waals surface area (Å²) < 4.78 is 59.6. The third-order valence-electron chi connectivity index (χ3n) is 2.69. The van der Waals surface area contributed by atoms with Crippen molar-refractivity contribution >= 4 is 31.9 Å². The SMILES string of the molecule is Oc1ccccc1C=NCCN=Cc1ccccc1O.[Cr].[F][Sb-]([F])([F])([F])([F])[F]. The fraction of sp³-hybridized carbons (Fsp3) is 0.125. The molecule has 2 N–H and O–H groups in total. The van der Waals surface area contributed by atoms with E-state index >= 15 is 0 Å². The van der Waals surface area contributed by atoms with E-state index in [9.17, 15) is 27.1 Å². The first-order valence-electron chi connectivity index (χ1n) is 7.34. The van der Waals surface area contributed by atoms with E-state index in [0.29, 0.717) is 24.2 Å². The van der Waals surface area contributed by atoms with E-state index in [4.69, 9.17) is 0 Å². The van der Waals surface area contributed by atoms with Crippen LogP contribution in [0.1, 0.15) is 11.1 Å². The maximum absolute atomic E-state index is 11.2. The van der Waals surface area contributed by atoms with E-state index in [-0.39, 0.29) is 28.9 Å². The van der Waals surface area contributed by atoms with Crippen molar-refractivity contribution in [3.05, 3.63) is 59.7 Å². The Morgan fingerprint density at radius 1 is 0.679 bits per heavy atom. The van der Waals surface area contributed by atoms with Crippen LogP contribution in [-0.2, 0) is 17.4 Å². The minimum atomic E-state index is -11.2. The maximum atomic E-state index is 9.93. The third-order valence-corrected chi connectivity index (χ3v) is 2.69. The van der Waals surface area contributed by atoms with Gasteiger partial charge in [0, 0.05) is 40.9 Å². The molecule has 4 nitrogen and oxygen atoms in total. The molecule has 0 aromatic heterocycles. The number of nitrogens with zero attached hydrogens (tertiary/aromatic N) is 2. The number of rotatable bonds is 5. The summed E-state index contributed by atoms with van der Waals surface area (Å²) in [6.07, 6.45) is 3.26. The van der Waals surface area contributed by atoms with E-state index < -0.39 is 19.5 Å². The first-order valence-corrected chi connectivity index (χ1v) is 13.1. The number of aromatic hydroxyl groups is 2. The minimum absolute atomic E-state index is 0. The van der Waals surface area contributed by atoms with Crippen molar-refractivity contribution in [3.8, 4) is 11.5 Å². The molecule has 0 saturated heterocycles. The second kappa shape index (κ2) is 9.68. The molecule has 0 radical (unpaired) electrons. The van der Waals surface area contributed by atoms with Crippen LogP contribution >= 0.6 is 0 Å². The summed E-state index contributed by atoms with van der Waals surface area (Å²) in [6.45, 7) is 1.05. The molecular weight excluding hydrogens is 540 g/mol. The van der Waals surface area contributed by atoms with Gasteiger partial charge in [-0.05, 0) is 24.3 Å². The van der Waals surface area contributed by atoms with Crippen LogP contribution in [0.2, 0.25) is 0 Å². The van der Waals surface area contributed by atoms with Crippen molar-refractivity contribution in [2.45, 2.75) is 0 Å². The molecule has 0 atom stereocenters. The van der Waals surface area contributed by atoms with E-state index in [0.717, 1.165) is 0 Å². The molecule has 156 valence electrons. The Labute approximate surface area is 170 Å². The fourth-order valence-electron chi connectivity index (χ4n) is 1.63. The van der Waals surface area contributed by atoms with Gasteiger partial charge in [0.15, 0.2) is 0 Å². The second-order valence-corrected chi connectivity index (χ2v) is 10.6. The van der Waals surface area contributed by atoms with Crippen LogP contribution in [-0.4, -0.2) is 55.2 Å². The van der Waals surface area contributed by atoms with Gasteiger partial charge in [-0.3, -0.25) is 9.98 Å². The molecule has 0 unspecified atom stereocenters. The first kappa shape index (κ1) is 26.3. The van der Waals surface area contributed by atoms with Gasteiger partial charge in [0.05, 0.1) is 13.1 Å². The van der Waals surface area contributed by atoms with Crippen LogP contribution in [0.5, 0.6) is 11.5 Å². The Morgan fingerprint density at radius 2 is 0.964 bits per heavy atom. The molecule has 0 aliphatic heterocycles. The number of halogens is 6. The van der Waals surface area contributed by atoms with Crippen LogP contribution in [0, 0.1) is 0 Å². The van der Waals surface area contributed by atoms with Gasteiger partial charge < -0.3 is 10.2 Å². The zero-order valence-electron chi connectivity index (χ0n) is 14.1. The predicted octanol–water partition coefficient (Wildman–Crippen LogP) is 4.77. The number of aliphatic imine (C=N–C) groups is 2. The monoisotopic (exact) mass is 555 g/mol. The number of benzene rings is 2. The zero-order valence-corrected chi connectivity index (χ0v) is 17.9. The Hall–Kier alpha value is -1.69. The van der Waals surface area contributed by atoms with Crippen molar-refractivity contribution in [3.63, 3.8) is 0 Å². The summed E-state index contributed by atoms with van der Waals surface area (Å²) in [5.74, 6) is 0.433. The number of hydrogen-bond donors (Lipinski definition) is 2. The Balaban J connectivity index is 0.000000786. The van der Waals surface area contributed by atoms with E-state index in [2.05, 4.69) is 9.98 Å². The van der Waals surface area contributed by atoms with Gasteiger partial charge in [0.2, 0.25) is 0 Å². The van der Waals surface area contributed by atoms with Crippen LogP contribution < -0.4 is 0 Å². The van der Waals surface area contributed by atoms with Crippen molar-refractivity contribution in [1.82, 2.24) is 0 Å². The summed E-state index contributed by atoms with van der Waals surface area (Å²) in [6, 6.07) is 14.1. The van der Waals surface area contributed by atoms with Gasteiger partial charge in [-0.2, -0.15) is 0 Å². The Morgan fingerprint density at radius 3 is 1.25 bits per heavy atom. The summed E-state index contributed by atoms with van der Waals surface area (Å²) in [7, 11) is 0. The molecule has 12 heteroatoms. The molecule has 0 heterocycles. The summed E-state index contributed by atoms with van der Waals surface area (Å²) in [4.78, 5) is 8.39. The average Bonchev–Trinajstić information content (AvgIpc) is 2.51. The molecule has 0 fully saturated rings. The quantitative estimate of drug-likeness (QED) is 0.241.